The van der Waals surface area contributed by atoms with Crippen molar-refractivity contribution in [3.63, 3.8) is 0 Å². The SMILES string of the molecule is CCC(C(=O)N1CCc2c(nc(C3CCN(C(C)=O)CC3)nc2NC)C1)N1CCOCC1. The maximum atomic E-state index is 13.4. The summed E-state index contributed by atoms with van der Waals surface area (Å²) in [4.78, 5) is 41.0. The third kappa shape index (κ3) is 4.73. The summed E-state index contributed by atoms with van der Waals surface area (Å²) in [5.74, 6) is 2.29. The number of hydrogen-bond donors (Lipinski definition) is 1. The normalized spacial score (nSPS) is 21.2. The quantitative estimate of drug-likeness (QED) is 0.731. The first-order chi connectivity index (χ1) is 15.5. The summed E-state index contributed by atoms with van der Waals surface area (Å²) in [6.07, 6.45) is 3.31. The molecule has 1 N–H and O–H groups in total. The van der Waals surface area contributed by atoms with Gasteiger partial charge in [0.05, 0.1) is 31.5 Å². The number of ether oxygens (including phenoxy) is 1. The van der Waals surface area contributed by atoms with Crippen LogP contribution in [0.3, 0.4) is 0 Å². The number of fused-ring (bicyclic) bond motifs is 1. The molecule has 1 unspecified atom stereocenters. The minimum absolute atomic E-state index is 0.0959. The summed E-state index contributed by atoms with van der Waals surface area (Å²) < 4.78 is 5.47. The molecule has 0 aliphatic carbocycles. The van der Waals surface area contributed by atoms with E-state index in [0.29, 0.717) is 26.3 Å². The fourth-order valence-electron chi connectivity index (χ4n) is 5.17. The van der Waals surface area contributed by atoms with Gasteiger partial charge in [-0.25, -0.2) is 9.97 Å². The Bertz CT molecular complexity index is 833. The van der Waals surface area contributed by atoms with E-state index in [2.05, 4.69) is 17.1 Å². The number of likely N-dealkylation sites (tertiary alicyclic amines) is 1. The number of piperidine rings is 1. The van der Waals surface area contributed by atoms with Gasteiger partial charge in [-0.1, -0.05) is 6.92 Å². The largest absolute Gasteiger partial charge is 0.379 e. The first kappa shape index (κ1) is 22.9. The Hall–Kier alpha value is -2.26. The Morgan fingerprint density at radius 3 is 2.44 bits per heavy atom. The van der Waals surface area contributed by atoms with Gasteiger partial charge in [0, 0.05) is 58.2 Å². The van der Waals surface area contributed by atoms with Crippen molar-refractivity contribution in [2.24, 2.45) is 0 Å². The van der Waals surface area contributed by atoms with E-state index in [9.17, 15) is 9.59 Å². The highest BCUT2D eigenvalue weighted by Gasteiger charge is 2.33. The molecule has 0 aromatic carbocycles. The molecule has 1 aromatic rings. The number of carbonyl (C=O) groups excluding carboxylic acids is 2. The molecular formula is C23H36N6O3. The topological polar surface area (TPSA) is 90.9 Å². The lowest BCUT2D eigenvalue weighted by Gasteiger charge is -2.38. The van der Waals surface area contributed by atoms with Gasteiger partial charge in [-0.05, 0) is 25.7 Å². The molecule has 4 heterocycles. The summed E-state index contributed by atoms with van der Waals surface area (Å²) in [6.45, 7) is 9.44. The summed E-state index contributed by atoms with van der Waals surface area (Å²) in [5.41, 5.74) is 2.09. The van der Waals surface area contributed by atoms with E-state index in [4.69, 9.17) is 14.7 Å². The molecule has 176 valence electrons. The van der Waals surface area contributed by atoms with E-state index in [1.165, 1.54) is 0 Å². The number of rotatable bonds is 5. The van der Waals surface area contributed by atoms with Gasteiger partial charge in [0.2, 0.25) is 11.8 Å². The Morgan fingerprint density at radius 2 is 1.81 bits per heavy atom. The van der Waals surface area contributed by atoms with Crippen molar-refractivity contribution in [1.29, 1.82) is 0 Å². The van der Waals surface area contributed by atoms with Gasteiger partial charge in [-0.15, -0.1) is 0 Å². The van der Waals surface area contributed by atoms with E-state index < -0.39 is 0 Å². The molecule has 32 heavy (non-hydrogen) atoms. The van der Waals surface area contributed by atoms with Crippen molar-refractivity contribution >= 4 is 17.6 Å². The van der Waals surface area contributed by atoms with Crippen LogP contribution in [-0.2, 0) is 27.3 Å². The van der Waals surface area contributed by atoms with Crippen LogP contribution in [0.4, 0.5) is 5.82 Å². The Labute approximate surface area is 190 Å². The van der Waals surface area contributed by atoms with Gasteiger partial charge < -0.3 is 19.9 Å². The lowest BCUT2D eigenvalue weighted by molar-refractivity contribution is -0.140. The lowest BCUT2D eigenvalue weighted by atomic mass is 9.95. The molecule has 3 aliphatic rings. The fourth-order valence-corrected chi connectivity index (χ4v) is 5.17. The first-order valence-corrected chi connectivity index (χ1v) is 11.9. The molecule has 0 spiro atoms. The van der Waals surface area contributed by atoms with Crippen LogP contribution in [0.15, 0.2) is 0 Å². The second-order valence-corrected chi connectivity index (χ2v) is 8.97. The average Bonchev–Trinajstić information content (AvgIpc) is 2.84. The van der Waals surface area contributed by atoms with Gasteiger partial charge in [-0.2, -0.15) is 0 Å². The number of aromatic nitrogens is 2. The van der Waals surface area contributed by atoms with Crippen LogP contribution >= 0.6 is 0 Å². The molecule has 0 saturated carbocycles. The highest BCUT2D eigenvalue weighted by atomic mass is 16.5. The standard InChI is InChI=1S/C23H36N6O3/c1-4-20(28-11-13-32-14-12-28)23(31)29-10-7-18-19(15-29)25-21(26-22(18)24-3)17-5-8-27(9-6-17)16(2)30/h17,20H,4-15H2,1-3H3,(H,24,25,26). The second-order valence-electron chi connectivity index (χ2n) is 8.97. The molecule has 4 rings (SSSR count). The maximum absolute atomic E-state index is 13.4. The zero-order valence-electron chi connectivity index (χ0n) is 19.6. The van der Waals surface area contributed by atoms with Crippen LogP contribution < -0.4 is 5.32 Å². The highest BCUT2D eigenvalue weighted by molar-refractivity contribution is 5.82. The molecule has 3 aliphatic heterocycles. The third-order valence-electron chi connectivity index (χ3n) is 7.09. The number of morpholine rings is 1. The predicted molar refractivity (Wildman–Crippen MR) is 121 cm³/mol. The molecule has 1 aromatic heterocycles. The molecule has 0 bridgehead atoms. The molecule has 2 saturated heterocycles. The molecule has 2 amide bonds. The first-order valence-electron chi connectivity index (χ1n) is 11.9. The number of carbonyl (C=O) groups is 2. The monoisotopic (exact) mass is 444 g/mol. The number of nitrogens with one attached hydrogen (secondary N) is 1. The van der Waals surface area contributed by atoms with Gasteiger partial charge >= 0.3 is 0 Å². The summed E-state index contributed by atoms with van der Waals surface area (Å²) in [7, 11) is 1.90. The van der Waals surface area contributed by atoms with E-state index in [0.717, 1.165) is 74.8 Å². The van der Waals surface area contributed by atoms with Gasteiger partial charge in [-0.3, -0.25) is 14.5 Å². The minimum Gasteiger partial charge on any atom is -0.379 e. The zero-order chi connectivity index (χ0) is 22.7. The molecule has 9 nitrogen and oxygen atoms in total. The fraction of sp³-hybridized carbons (Fsp3) is 0.739. The second kappa shape index (κ2) is 10.1. The van der Waals surface area contributed by atoms with Crippen LogP contribution in [0.1, 0.15) is 56.1 Å². The Morgan fingerprint density at radius 1 is 1.09 bits per heavy atom. The van der Waals surface area contributed by atoms with Gasteiger partial charge in [0.1, 0.15) is 11.6 Å². The van der Waals surface area contributed by atoms with Crippen molar-refractivity contribution in [1.82, 2.24) is 24.7 Å². The molecule has 0 radical (unpaired) electrons. The third-order valence-corrected chi connectivity index (χ3v) is 7.09. The molecule has 1 atom stereocenters. The van der Waals surface area contributed by atoms with Crippen molar-refractivity contribution in [3.05, 3.63) is 17.1 Å². The van der Waals surface area contributed by atoms with E-state index in [1.807, 2.05) is 16.8 Å². The molecule has 9 heteroatoms. The number of anilines is 1. The van der Waals surface area contributed by atoms with Gasteiger partial charge in [0.25, 0.3) is 0 Å². The van der Waals surface area contributed by atoms with Crippen molar-refractivity contribution in [3.8, 4) is 0 Å². The predicted octanol–water partition coefficient (Wildman–Crippen LogP) is 1.24. The Kier molecular flexibility index (Phi) is 7.25. The lowest BCUT2D eigenvalue weighted by Crippen LogP contribution is -2.53. The van der Waals surface area contributed by atoms with E-state index in [1.54, 1.807) is 6.92 Å². The van der Waals surface area contributed by atoms with Crippen LogP contribution in [0.5, 0.6) is 0 Å². The van der Waals surface area contributed by atoms with Gasteiger partial charge in [0.15, 0.2) is 0 Å². The summed E-state index contributed by atoms with van der Waals surface area (Å²) in [5, 5.41) is 3.25. The van der Waals surface area contributed by atoms with Crippen LogP contribution in [0.2, 0.25) is 0 Å². The minimum atomic E-state index is -0.0959. The smallest absolute Gasteiger partial charge is 0.240 e. The van der Waals surface area contributed by atoms with Crippen LogP contribution in [-0.4, -0.2) is 95.5 Å². The van der Waals surface area contributed by atoms with Crippen molar-refractivity contribution in [2.75, 3.05) is 58.3 Å². The van der Waals surface area contributed by atoms with Crippen LogP contribution in [0.25, 0.3) is 0 Å². The average molecular weight is 445 g/mol. The summed E-state index contributed by atoms with van der Waals surface area (Å²) >= 11 is 0. The van der Waals surface area contributed by atoms with E-state index >= 15 is 0 Å². The van der Waals surface area contributed by atoms with Crippen molar-refractivity contribution in [2.45, 2.75) is 58.0 Å². The maximum Gasteiger partial charge on any atom is 0.240 e. The van der Waals surface area contributed by atoms with Crippen molar-refractivity contribution < 1.29 is 14.3 Å². The Balaban J connectivity index is 1.51. The number of nitrogens with zero attached hydrogens (tertiary/aromatic N) is 5. The molecular weight excluding hydrogens is 408 g/mol. The zero-order valence-corrected chi connectivity index (χ0v) is 19.6. The van der Waals surface area contributed by atoms with E-state index in [-0.39, 0.29) is 23.8 Å². The number of hydrogen-bond acceptors (Lipinski definition) is 7. The number of amides is 2. The molecule has 2 fully saturated rings. The summed E-state index contributed by atoms with van der Waals surface area (Å²) in [6, 6.07) is -0.0959. The highest BCUT2D eigenvalue weighted by Crippen LogP contribution is 2.31. The van der Waals surface area contributed by atoms with Crippen LogP contribution in [0, 0.1) is 0 Å².